The van der Waals surface area contributed by atoms with Gasteiger partial charge in [-0.15, -0.1) is 0 Å². The molecular weight excluding hydrogens is 352 g/mol. The second kappa shape index (κ2) is 6.67. The van der Waals surface area contributed by atoms with Crippen LogP contribution in [0.2, 0.25) is 38.3 Å². The highest BCUT2D eigenvalue weighted by Crippen LogP contribution is 2.27. The van der Waals surface area contributed by atoms with E-state index in [9.17, 15) is 4.79 Å². The van der Waals surface area contributed by atoms with Gasteiger partial charge >= 0.3 is 5.97 Å². The van der Waals surface area contributed by atoms with Crippen molar-refractivity contribution in [3.05, 3.63) is 59.2 Å². The summed E-state index contributed by atoms with van der Waals surface area (Å²) < 4.78 is 0. The molecule has 26 heavy (non-hydrogen) atoms. The molecule has 0 aliphatic carbocycles. The molecule has 0 unspecified atom stereocenters. The zero-order valence-corrected chi connectivity index (χ0v) is 18.4. The summed E-state index contributed by atoms with van der Waals surface area (Å²) in [5.41, 5.74) is 3.88. The molecule has 0 bridgehead atoms. The van der Waals surface area contributed by atoms with Gasteiger partial charge in [0.25, 0.3) is 0 Å². The van der Waals surface area contributed by atoms with Gasteiger partial charge in [-0.05, 0) is 35.8 Å². The highest BCUT2D eigenvalue weighted by Gasteiger charge is 2.39. The van der Waals surface area contributed by atoms with Crippen LogP contribution in [0.3, 0.4) is 0 Å². The second-order valence-electron chi connectivity index (χ2n) is 8.78. The first-order valence-electron chi connectivity index (χ1n) is 9.27. The van der Waals surface area contributed by atoms with Gasteiger partial charge < -0.3 is 5.11 Å². The Kier molecular flexibility index (Phi) is 4.84. The summed E-state index contributed by atoms with van der Waals surface area (Å²) in [4.78, 5) is 11.0. The van der Waals surface area contributed by atoms with Crippen LogP contribution in [-0.2, 0) is 0 Å². The fourth-order valence-corrected chi connectivity index (χ4v) is 14.2. The average molecular weight is 381 g/mol. The first kappa shape index (κ1) is 18.9. The fraction of sp³-hybridized carbons (Fsp3) is 0.318. The van der Waals surface area contributed by atoms with E-state index in [0.29, 0.717) is 5.56 Å². The second-order valence-corrected chi connectivity index (χ2v) is 18.4. The monoisotopic (exact) mass is 380 g/mol. The predicted molar refractivity (Wildman–Crippen MR) is 117 cm³/mol. The minimum absolute atomic E-state index is 0.327. The molecule has 0 saturated heterocycles. The number of fused-ring (bicyclic) bond motifs is 1. The molecule has 4 heteroatoms. The minimum atomic E-state index is -1.35. The van der Waals surface area contributed by atoms with Crippen molar-refractivity contribution >= 4 is 44.1 Å². The van der Waals surface area contributed by atoms with E-state index in [-0.39, 0.29) is 0 Å². The Balaban J connectivity index is 1.98. The Morgan fingerprint density at radius 1 is 0.885 bits per heavy atom. The normalized spacial score (nSPS) is 18.3. The maximum absolute atomic E-state index is 11.0. The molecular formula is C22H28O2Si2. The maximum Gasteiger partial charge on any atom is 0.335 e. The van der Waals surface area contributed by atoms with Crippen molar-refractivity contribution in [1.29, 1.82) is 0 Å². The third-order valence-electron chi connectivity index (χ3n) is 5.85. The van der Waals surface area contributed by atoms with Crippen LogP contribution < -0.4 is 10.4 Å². The summed E-state index contributed by atoms with van der Waals surface area (Å²) in [7, 11) is -2.64. The van der Waals surface area contributed by atoms with Crippen LogP contribution in [-0.4, -0.2) is 27.2 Å². The third-order valence-corrected chi connectivity index (χ3v) is 13.4. The number of aromatic carboxylic acids is 1. The molecule has 0 aromatic heterocycles. The lowest BCUT2D eigenvalue weighted by Gasteiger charge is -2.39. The molecule has 2 nitrogen and oxygen atoms in total. The number of carboxylic acids is 1. The van der Waals surface area contributed by atoms with E-state index in [1.54, 1.807) is 22.5 Å². The number of carboxylic acid groups (broad SMARTS) is 1. The van der Waals surface area contributed by atoms with Gasteiger partial charge in [-0.2, -0.15) is 0 Å². The molecule has 0 atom stereocenters. The number of hydrogen-bond donors (Lipinski definition) is 1. The summed E-state index contributed by atoms with van der Waals surface area (Å²) >= 11 is 0. The molecule has 2 aromatic rings. The number of rotatable bonds is 3. The summed E-state index contributed by atoms with van der Waals surface area (Å²) in [5, 5.41) is 12.4. The minimum Gasteiger partial charge on any atom is -0.478 e. The maximum atomic E-state index is 11.0. The predicted octanol–water partition coefficient (Wildman–Crippen LogP) is 4.79. The van der Waals surface area contributed by atoms with E-state index >= 15 is 0 Å². The molecule has 1 aliphatic heterocycles. The first-order chi connectivity index (χ1) is 12.1. The van der Waals surface area contributed by atoms with Crippen LogP contribution in [0.1, 0.15) is 28.4 Å². The van der Waals surface area contributed by atoms with Crippen molar-refractivity contribution < 1.29 is 9.90 Å². The van der Waals surface area contributed by atoms with E-state index in [2.05, 4.69) is 57.4 Å². The van der Waals surface area contributed by atoms with Crippen molar-refractivity contribution in [2.75, 3.05) is 0 Å². The van der Waals surface area contributed by atoms with Gasteiger partial charge in [0.2, 0.25) is 0 Å². The zero-order valence-electron chi connectivity index (χ0n) is 16.4. The topological polar surface area (TPSA) is 37.3 Å². The van der Waals surface area contributed by atoms with Crippen molar-refractivity contribution in [1.82, 2.24) is 0 Å². The van der Waals surface area contributed by atoms with Crippen molar-refractivity contribution in [2.45, 2.75) is 45.2 Å². The van der Waals surface area contributed by atoms with Crippen LogP contribution >= 0.6 is 0 Å². The Labute approximate surface area is 158 Å². The summed E-state index contributed by atoms with van der Waals surface area (Å²) in [6, 6.07) is 17.0. The van der Waals surface area contributed by atoms with E-state index < -0.39 is 22.1 Å². The number of carbonyl (C=O) groups is 1. The average Bonchev–Trinajstić information content (AvgIpc) is 2.59. The van der Waals surface area contributed by atoms with Gasteiger partial charge in [0.1, 0.15) is 0 Å². The Morgan fingerprint density at radius 3 is 2.00 bits per heavy atom. The molecule has 0 fully saturated rings. The quantitative estimate of drug-likeness (QED) is 0.614. The number of benzene rings is 2. The molecule has 3 rings (SSSR count). The highest BCUT2D eigenvalue weighted by atomic mass is 28.3. The molecule has 0 radical (unpaired) electrons. The molecule has 2 aromatic carbocycles. The number of allylic oxidation sites excluding steroid dienone is 1. The van der Waals surface area contributed by atoms with Crippen molar-refractivity contribution in [3.8, 4) is 0 Å². The van der Waals surface area contributed by atoms with E-state index in [1.165, 1.54) is 23.2 Å². The first-order valence-corrected chi connectivity index (χ1v) is 15.7. The zero-order chi connectivity index (χ0) is 19.1. The molecule has 1 heterocycles. The van der Waals surface area contributed by atoms with Gasteiger partial charge in [-0.1, -0.05) is 85.1 Å². The standard InChI is InChI=1S/C22H28O2Si2/c1-16(14-17-6-8-18(9-7-17)22(23)24)19-10-11-20-21(15-19)26(4,5)13-12-25(20,2)3/h6-11,14-15H,12-13H2,1-5H3,(H,23,24). The Hall–Kier alpha value is -1.92. The van der Waals surface area contributed by atoms with Crippen LogP contribution in [0, 0.1) is 0 Å². The highest BCUT2D eigenvalue weighted by molar-refractivity contribution is 7.03. The van der Waals surface area contributed by atoms with Crippen molar-refractivity contribution in [3.63, 3.8) is 0 Å². The molecule has 136 valence electrons. The van der Waals surface area contributed by atoms with Crippen molar-refractivity contribution in [2.24, 2.45) is 0 Å². The smallest absolute Gasteiger partial charge is 0.335 e. The van der Waals surface area contributed by atoms with Crippen LogP contribution in [0.25, 0.3) is 11.6 Å². The molecule has 0 amide bonds. The van der Waals surface area contributed by atoms with Gasteiger partial charge in [-0.3, -0.25) is 0 Å². The lowest BCUT2D eigenvalue weighted by molar-refractivity contribution is 0.0697. The SMILES string of the molecule is CC(=Cc1ccc(C(=O)O)cc1)c1ccc2c(c1)[Si](C)(C)CC[Si]2(C)C. The summed E-state index contributed by atoms with van der Waals surface area (Å²) in [5.74, 6) is -0.883. The Bertz CT molecular complexity index is 878. The van der Waals surface area contributed by atoms with Gasteiger partial charge in [0.15, 0.2) is 0 Å². The van der Waals surface area contributed by atoms with E-state index in [1.807, 2.05) is 12.1 Å². The molecule has 0 saturated carbocycles. The van der Waals surface area contributed by atoms with Crippen LogP contribution in [0.5, 0.6) is 0 Å². The molecule has 1 N–H and O–H groups in total. The van der Waals surface area contributed by atoms with E-state index in [0.717, 1.165) is 5.56 Å². The lowest BCUT2D eigenvalue weighted by Crippen LogP contribution is -2.63. The lowest BCUT2D eigenvalue weighted by atomic mass is 10.0. The van der Waals surface area contributed by atoms with Gasteiger partial charge in [0.05, 0.1) is 21.7 Å². The summed E-state index contributed by atoms with van der Waals surface area (Å²) in [6.07, 6.45) is 2.15. The van der Waals surface area contributed by atoms with E-state index in [4.69, 9.17) is 5.11 Å². The summed E-state index contributed by atoms with van der Waals surface area (Å²) in [6.45, 7) is 12.2. The number of hydrogen-bond acceptors (Lipinski definition) is 1. The molecule has 1 aliphatic rings. The van der Waals surface area contributed by atoms with Crippen LogP contribution in [0.15, 0.2) is 42.5 Å². The van der Waals surface area contributed by atoms with Crippen LogP contribution in [0.4, 0.5) is 0 Å². The van der Waals surface area contributed by atoms with Gasteiger partial charge in [-0.25, -0.2) is 4.79 Å². The fourth-order valence-electron chi connectivity index (χ4n) is 3.89. The molecule has 0 spiro atoms. The third kappa shape index (κ3) is 3.62. The Morgan fingerprint density at radius 2 is 1.42 bits per heavy atom. The van der Waals surface area contributed by atoms with Gasteiger partial charge in [0, 0.05) is 0 Å². The largest absolute Gasteiger partial charge is 0.478 e.